The summed E-state index contributed by atoms with van der Waals surface area (Å²) in [4.78, 5) is 11.8. The second kappa shape index (κ2) is 4.63. The van der Waals surface area contributed by atoms with Crippen molar-refractivity contribution in [2.24, 2.45) is 0 Å². The molecule has 0 spiro atoms. The van der Waals surface area contributed by atoms with Gasteiger partial charge in [0.25, 0.3) is 5.91 Å². The number of nitrogens with zero attached hydrogens (tertiary/aromatic N) is 1. The number of nitrogens with two attached hydrogens (primary N) is 1. The van der Waals surface area contributed by atoms with Crippen LogP contribution < -0.4 is 11.1 Å². The van der Waals surface area contributed by atoms with E-state index in [1.165, 1.54) is 12.3 Å². The molecule has 0 aliphatic heterocycles. The van der Waals surface area contributed by atoms with Gasteiger partial charge in [-0.25, -0.2) is 0 Å². The van der Waals surface area contributed by atoms with Gasteiger partial charge in [-0.05, 0) is 12.1 Å². The summed E-state index contributed by atoms with van der Waals surface area (Å²) in [6.45, 7) is 0. The Hall–Kier alpha value is -2.51. The summed E-state index contributed by atoms with van der Waals surface area (Å²) in [6.07, 6.45) is -2.26. The van der Waals surface area contributed by atoms with Gasteiger partial charge in [-0.15, -0.1) is 0 Å². The molecule has 100 valence electrons. The molecule has 0 radical (unpaired) electrons. The van der Waals surface area contributed by atoms with Crippen LogP contribution in [0, 0.1) is 0 Å². The minimum atomic E-state index is -4.61. The van der Waals surface area contributed by atoms with Gasteiger partial charge in [0.1, 0.15) is 12.0 Å². The first-order valence-corrected chi connectivity index (χ1v) is 5.06. The molecule has 0 atom stereocenters. The van der Waals surface area contributed by atoms with Gasteiger partial charge in [0.05, 0.1) is 23.0 Å². The fourth-order valence-electron chi connectivity index (χ4n) is 1.48. The maximum absolute atomic E-state index is 12.6. The van der Waals surface area contributed by atoms with Gasteiger partial charge < -0.3 is 15.6 Å². The van der Waals surface area contributed by atoms with E-state index >= 15 is 0 Å². The van der Waals surface area contributed by atoms with Crippen molar-refractivity contribution in [1.29, 1.82) is 0 Å². The fourth-order valence-corrected chi connectivity index (χ4v) is 1.48. The average molecular weight is 271 g/mol. The number of aromatic nitrogens is 1. The molecule has 0 saturated carbocycles. The number of hydrogen-bond donors (Lipinski definition) is 2. The first kappa shape index (κ1) is 12.9. The van der Waals surface area contributed by atoms with Gasteiger partial charge >= 0.3 is 6.18 Å². The van der Waals surface area contributed by atoms with Crippen molar-refractivity contribution in [1.82, 2.24) is 5.16 Å². The number of anilines is 2. The molecule has 0 unspecified atom stereocenters. The summed E-state index contributed by atoms with van der Waals surface area (Å²) in [5.74, 6) is -0.771. The van der Waals surface area contributed by atoms with Crippen LogP contribution in [0.1, 0.15) is 15.9 Å². The third-order valence-electron chi connectivity index (χ3n) is 2.35. The van der Waals surface area contributed by atoms with Crippen molar-refractivity contribution in [2.45, 2.75) is 6.18 Å². The number of carbonyl (C=O) groups is 1. The molecule has 8 heteroatoms. The number of hydrogen-bond acceptors (Lipinski definition) is 4. The lowest BCUT2D eigenvalue weighted by Crippen LogP contribution is -2.17. The Kier molecular flexibility index (Phi) is 3.16. The van der Waals surface area contributed by atoms with Gasteiger partial charge in [-0.2, -0.15) is 13.2 Å². The Bertz CT molecular complexity index is 594. The number of halogens is 3. The summed E-state index contributed by atoms with van der Waals surface area (Å²) in [7, 11) is 0. The van der Waals surface area contributed by atoms with Crippen molar-refractivity contribution in [3.63, 3.8) is 0 Å². The zero-order valence-electron chi connectivity index (χ0n) is 9.36. The van der Waals surface area contributed by atoms with Crippen LogP contribution in [0.5, 0.6) is 0 Å². The molecular weight excluding hydrogens is 263 g/mol. The van der Waals surface area contributed by atoms with E-state index in [0.717, 1.165) is 18.4 Å². The SMILES string of the molecule is Nc1c(C(=O)Nc2cnoc2)cccc1C(F)(F)F. The first-order valence-electron chi connectivity index (χ1n) is 5.06. The van der Waals surface area contributed by atoms with E-state index in [9.17, 15) is 18.0 Å². The van der Waals surface area contributed by atoms with Gasteiger partial charge in [0, 0.05) is 0 Å². The van der Waals surface area contributed by atoms with E-state index in [-0.39, 0.29) is 11.3 Å². The zero-order valence-corrected chi connectivity index (χ0v) is 9.36. The molecule has 0 fully saturated rings. The first-order chi connectivity index (χ1) is 8.89. The van der Waals surface area contributed by atoms with E-state index in [1.54, 1.807) is 0 Å². The van der Waals surface area contributed by atoms with Crippen molar-refractivity contribution in [3.05, 3.63) is 41.8 Å². The summed E-state index contributed by atoms with van der Waals surface area (Å²) < 4.78 is 42.4. The van der Waals surface area contributed by atoms with Crippen LogP contribution >= 0.6 is 0 Å². The highest BCUT2D eigenvalue weighted by Crippen LogP contribution is 2.35. The predicted molar refractivity (Wildman–Crippen MR) is 60.3 cm³/mol. The molecule has 1 heterocycles. The Morgan fingerprint density at radius 1 is 1.37 bits per heavy atom. The van der Waals surface area contributed by atoms with E-state index < -0.39 is 23.3 Å². The molecule has 5 nitrogen and oxygen atoms in total. The number of carbonyl (C=O) groups excluding carboxylic acids is 1. The molecule has 2 rings (SSSR count). The molecule has 2 aromatic rings. The van der Waals surface area contributed by atoms with E-state index in [1.807, 2.05) is 0 Å². The third-order valence-corrected chi connectivity index (χ3v) is 2.35. The normalized spacial score (nSPS) is 11.3. The molecule has 19 heavy (non-hydrogen) atoms. The number of para-hydroxylation sites is 1. The molecule has 1 amide bonds. The summed E-state index contributed by atoms with van der Waals surface area (Å²) in [6, 6.07) is 3.13. The van der Waals surface area contributed by atoms with E-state index in [0.29, 0.717) is 0 Å². The maximum atomic E-state index is 12.6. The number of rotatable bonds is 2. The summed E-state index contributed by atoms with van der Waals surface area (Å²) in [5.41, 5.74) is 3.66. The van der Waals surface area contributed by atoms with Gasteiger partial charge in [-0.1, -0.05) is 11.2 Å². The molecule has 0 aliphatic rings. The van der Waals surface area contributed by atoms with E-state index in [4.69, 9.17) is 5.73 Å². The van der Waals surface area contributed by atoms with Crippen LogP contribution in [0.2, 0.25) is 0 Å². The molecule has 0 aliphatic carbocycles. The number of alkyl halides is 3. The molecule has 0 saturated heterocycles. The maximum Gasteiger partial charge on any atom is 0.418 e. The predicted octanol–water partition coefficient (Wildman–Crippen LogP) is 2.53. The second-order valence-corrected chi connectivity index (χ2v) is 3.63. The van der Waals surface area contributed by atoms with Crippen LogP contribution in [-0.2, 0) is 6.18 Å². The van der Waals surface area contributed by atoms with Crippen molar-refractivity contribution >= 4 is 17.3 Å². The minimum Gasteiger partial charge on any atom is -0.398 e. The lowest BCUT2D eigenvalue weighted by Gasteiger charge is -2.12. The molecule has 3 N–H and O–H groups in total. The highest BCUT2D eigenvalue weighted by Gasteiger charge is 2.34. The second-order valence-electron chi connectivity index (χ2n) is 3.63. The van der Waals surface area contributed by atoms with Crippen LogP contribution in [-0.4, -0.2) is 11.1 Å². The van der Waals surface area contributed by atoms with Crippen LogP contribution in [0.4, 0.5) is 24.5 Å². The largest absolute Gasteiger partial charge is 0.418 e. The summed E-state index contributed by atoms with van der Waals surface area (Å²) >= 11 is 0. The Balaban J connectivity index is 2.33. The Morgan fingerprint density at radius 3 is 2.68 bits per heavy atom. The average Bonchev–Trinajstić information content (AvgIpc) is 2.80. The van der Waals surface area contributed by atoms with E-state index in [2.05, 4.69) is 15.0 Å². The Morgan fingerprint density at radius 2 is 2.11 bits per heavy atom. The molecular formula is C11H8F3N3O2. The van der Waals surface area contributed by atoms with Crippen LogP contribution in [0.3, 0.4) is 0 Å². The van der Waals surface area contributed by atoms with Crippen LogP contribution in [0.25, 0.3) is 0 Å². The standard InChI is InChI=1S/C11H8F3N3O2/c12-11(13,14)8-3-1-2-7(9(8)15)10(18)17-6-4-16-19-5-6/h1-5H,15H2,(H,17,18). The lowest BCUT2D eigenvalue weighted by molar-refractivity contribution is -0.136. The van der Waals surface area contributed by atoms with Crippen molar-refractivity contribution < 1.29 is 22.5 Å². The highest BCUT2D eigenvalue weighted by molar-refractivity contribution is 6.08. The van der Waals surface area contributed by atoms with Crippen LogP contribution in [0.15, 0.2) is 35.2 Å². The monoisotopic (exact) mass is 271 g/mol. The number of nitrogen functional groups attached to an aromatic ring is 1. The number of amides is 1. The molecule has 1 aromatic heterocycles. The van der Waals surface area contributed by atoms with Gasteiger partial charge in [-0.3, -0.25) is 4.79 Å². The topological polar surface area (TPSA) is 81.2 Å². The van der Waals surface area contributed by atoms with Gasteiger partial charge in [0.2, 0.25) is 0 Å². The molecule has 0 bridgehead atoms. The van der Waals surface area contributed by atoms with Crippen molar-refractivity contribution in [2.75, 3.05) is 11.1 Å². The van der Waals surface area contributed by atoms with Crippen molar-refractivity contribution in [3.8, 4) is 0 Å². The number of benzene rings is 1. The lowest BCUT2D eigenvalue weighted by atomic mass is 10.1. The summed E-state index contributed by atoms with van der Waals surface area (Å²) in [5, 5.41) is 5.66. The fraction of sp³-hybridized carbons (Fsp3) is 0.0909. The van der Waals surface area contributed by atoms with Gasteiger partial charge in [0.15, 0.2) is 0 Å². The smallest absolute Gasteiger partial charge is 0.398 e. The zero-order chi connectivity index (χ0) is 14.0. The third kappa shape index (κ3) is 2.67. The molecule has 1 aromatic carbocycles. The number of nitrogens with one attached hydrogen (secondary N) is 1. The minimum absolute atomic E-state index is 0.224. The highest BCUT2D eigenvalue weighted by atomic mass is 19.4. The quantitative estimate of drug-likeness (QED) is 0.822. The Labute approximate surface area is 105 Å².